The zero-order valence-electron chi connectivity index (χ0n) is 13.0. The lowest BCUT2D eigenvalue weighted by Crippen LogP contribution is -2.11. The van der Waals surface area contributed by atoms with Gasteiger partial charge in [-0.25, -0.2) is 0 Å². The quantitative estimate of drug-likeness (QED) is 0.536. The second-order valence-electron chi connectivity index (χ2n) is 5.21. The van der Waals surface area contributed by atoms with Crippen LogP contribution >= 0.6 is 0 Å². The van der Waals surface area contributed by atoms with Crippen LogP contribution in [0.25, 0.3) is 0 Å². The van der Waals surface area contributed by atoms with Crippen LogP contribution in [0.3, 0.4) is 0 Å². The lowest BCUT2D eigenvalue weighted by molar-refractivity contribution is -0.402. The molecule has 0 saturated carbocycles. The average Bonchev–Trinajstić information content (AvgIpc) is 3.35. The Bertz CT molecular complexity index is 994. The van der Waals surface area contributed by atoms with Crippen LogP contribution in [0.4, 0.5) is 11.9 Å². The first-order valence-corrected chi connectivity index (χ1v) is 7.35. The number of nitro groups is 1. The maximum Gasteiger partial charge on any atom is 0.433 e. The Kier molecular flexibility index (Phi) is 3.73. The Balaban J connectivity index is 1.42. The largest absolute Gasteiger partial charge is 0.454 e. The number of aromatic nitrogens is 2. The summed E-state index contributed by atoms with van der Waals surface area (Å²) in [5, 5.41) is 20.4. The number of fused-ring (bicyclic) bond motifs is 1. The van der Waals surface area contributed by atoms with Gasteiger partial charge >= 0.3 is 11.9 Å². The Morgan fingerprint density at radius 2 is 2.00 bits per heavy atom. The minimum atomic E-state index is -0.743. The number of hydrogen-bond donors (Lipinski definition) is 1. The number of carbonyl (C=O) groups is 1. The van der Waals surface area contributed by atoms with Crippen LogP contribution in [0.15, 0.2) is 39.2 Å². The van der Waals surface area contributed by atoms with Crippen molar-refractivity contribution in [3.8, 4) is 11.5 Å². The molecule has 1 N–H and O–H groups in total. The minimum Gasteiger partial charge on any atom is -0.454 e. The Labute approximate surface area is 144 Å². The molecule has 0 spiro atoms. The summed E-state index contributed by atoms with van der Waals surface area (Å²) < 4.78 is 20.7. The van der Waals surface area contributed by atoms with Crippen molar-refractivity contribution >= 4 is 17.8 Å². The molecule has 11 heteroatoms. The Morgan fingerprint density at radius 1 is 1.15 bits per heavy atom. The van der Waals surface area contributed by atoms with Gasteiger partial charge in [0.25, 0.3) is 5.91 Å². The number of carbonyl (C=O) groups excluding carboxylic acids is 1. The summed E-state index contributed by atoms with van der Waals surface area (Å²) in [5.41, 5.74) is 0.859. The van der Waals surface area contributed by atoms with Crippen molar-refractivity contribution in [2.24, 2.45) is 0 Å². The molecule has 0 radical (unpaired) electrons. The molecule has 11 nitrogen and oxygen atoms in total. The third kappa shape index (κ3) is 3.05. The first-order valence-electron chi connectivity index (χ1n) is 7.35. The lowest BCUT2D eigenvalue weighted by Gasteiger charge is -2.00. The van der Waals surface area contributed by atoms with Crippen LogP contribution in [-0.2, 0) is 6.42 Å². The van der Waals surface area contributed by atoms with E-state index in [1.54, 1.807) is 12.1 Å². The third-order valence-corrected chi connectivity index (χ3v) is 3.48. The van der Waals surface area contributed by atoms with E-state index in [1.807, 2.05) is 6.07 Å². The number of benzene rings is 1. The van der Waals surface area contributed by atoms with E-state index in [1.165, 1.54) is 6.07 Å². The van der Waals surface area contributed by atoms with Crippen molar-refractivity contribution in [3.63, 3.8) is 0 Å². The second-order valence-corrected chi connectivity index (χ2v) is 5.21. The molecule has 0 aliphatic carbocycles. The van der Waals surface area contributed by atoms with Gasteiger partial charge in [-0.15, -0.1) is 5.10 Å². The van der Waals surface area contributed by atoms with E-state index in [4.69, 9.17) is 18.3 Å². The SMILES string of the molecule is O=C(Nc1nnc(Cc2ccc3c(c2)OCO3)o1)c1ccc([N+](=O)[O-])o1. The molecular weight excluding hydrogens is 348 g/mol. The summed E-state index contributed by atoms with van der Waals surface area (Å²) in [6.45, 7) is 0.181. The molecule has 3 heterocycles. The monoisotopic (exact) mass is 358 g/mol. The van der Waals surface area contributed by atoms with Crippen LogP contribution in [-0.4, -0.2) is 27.8 Å². The summed E-state index contributed by atoms with van der Waals surface area (Å²) in [6.07, 6.45) is 0.325. The van der Waals surface area contributed by atoms with E-state index in [0.717, 1.165) is 11.6 Å². The van der Waals surface area contributed by atoms with Gasteiger partial charge in [-0.05, 0) is 23.8 Å². The van der Waals surface area contributed by atoms with Gasteiger partial charge in [-0.3, -0.25) is 20.2 Å². The van der Waals surface area contributed by atoms with E-state index in [2.05, 4.69) is 15.5 Å². The van der Waals surface area contributed by atoms with Gasteiger partial charge in [0.1, 0.15) is 4.92 Å². The predicted octanol–water partition coefficient (Wildman–Crippen LogP) is 2.14. The second kappa shape index (κ2) is 6.20. The molecular formula is C15H10N4O7. The molecule has 0 atom stereocenters. The fraction of sp³-hybridized carbons (Fsp3) is 0.133. The molecule has 0 bridgehead atoms. The maximum absolute atomic E-state index is 12.0. The number of rotatable bonds is 5. The highest BCUT2D eigenvalue weighted by Gasteiger charge is 2.20. The highest BCUT2D eigenvalue weighted by atomic mass is 16.7. The van der Waals surface area contributed by atoms with Gasteiger partial charge in [0.15, 0.2) is 17.3 Å². The number of anilines is 1. The van der Waals surface area contributed by atoms with E-state index < -0.39 is 16.7 Å². The van der Waals surface area contributed by atoms with Crippen molar-refractivity contribution in [1.29, 1.82) is 0 Å². The van der Waals surface area contributed by atoms with Crippen molar-refractivity contribution in [3.05, 3.63) is 57.7 Å². The molecule has 132 valence electrons. The first-order chi connectivity index (χ1) is 12.6. The summed E-state index contributed by atoms with van der Waals surface area (Å²) in [4.78, 5) is 21.8. The summed E-state index contributed by atoms with van der Waals surface area (Å²) in [7, 11) is 0. The lowest BCUT2D eigenvalue weighted by atomic mass is 10.1. The Morgan fingerprint density at radius 3 is 2.81 bits per heavy atom. The molecule has 0 unspecified atom stereocenters. The smallest absolute Gasteiger partial charge is 0.433 e. The normalized spacial score (nSPS) is 12.2. The number of ether oxygens (including phenoxy) is 2. The van der Waals surface area contributed by atoms with E-state index in [-0.39, 0.29) is 24.5 Å². The van der Waals surface area contributed by atoms with E-state index in [9.17, 15) is 14.9 Å². The highest BCUT2D eigenvalue weighted by Crippen LogP contribution is 2.33. The molecule has 1 aliphatic rings. The molecule has 1 aromatic carbocycles. The number of furan rings is 1. The minimum absolute atomic E-state index is 0.148. The fourth-order valence-electron chi connectivity index (χ4n) is 2.31. The van der Waals surface area contributed by atoms with Crippen LogP contribution in [0.5, 0.6) is 11.5 Å². The van der Waals surface area contributed by atoms with Gasteiger partial charge in [0.05, 0.1) is 12.5 Å². The van der Waals surface area contributed by atoms with Gasteiger partial charge in [-0.2, -0.15) is 0 Å². The van der Waals surface area contributed by atoms with Crippen molar-refractivity contribution in [2.75, 3.05) is 12.1 Å². The summed E-state index contributed by atoms with van der Waals surface area (Å²) in [5.74, 6) is 0.0482. The van der Waals surface area contributed by atoms with Crippen LogP contribution in [0.2, 0.25) is 0 Å². The zero-order valence-corrected chi connectivity index (χ0v) is 13.0. The summed E-state index contributed by atoms with van der Waals surface area (Å²) in [6, 6.07) is 7.51. The number of hydrogen-bond acceptors (Lipinski definition) is 9. The van der Waals surface area contributed by atoms with Crippen molar-refractivity contribution in [1.82, 2.24) is 10.2 Å². The van der Waals surface area contributed by atoms with Gasteiger partial charge in [0, 0.05) is 0 Å². The number of amides is 1. The Hall–Kier alpha value is -3.89. The van der Waals surface area contributed by atoms with Gasteiger partial charge in [-0.1, -0.05) is 11.2 Å². The van der Waals surface area contributed by atoms with Crippen LogP contribution in [0.1, 0.15) is 22.0 Å². The number of nitrogens with zero attached hydrogens (tertiary/aromatic N) is 3. The zero-order chi connectivity index (χ0) is 18.1. The highest BCUT2D eigenvalue weighted by molar-refractivity contribution is 6.01. The molecule has 0 saturated heterocycles. The van der Waals surface area contributed by atoms with Gasteiger partial charge in [0.2, 0.25) is 12.7 Å². The van der Waals surface area contributed by atoms with Gasteiger partial charge < -0.3 is 18.3 Å². The molecule has 3 aromatic rings. The molecule has 2 aromatic heterocycles. The first kappa shape index (κ1) is 15.6. The molecule has 1 amide bonds. The predicted molar refractivity (Wildman–Crippen MR) is 83.0 cm³/mol. The van der Waals surface area contributed by atoms with Crippen molar-refractivity contribution in [2.45, 2.75) is 6.42 Å². The summed E-state index contributed by atoms with van der Waals surface area (Å²) >= 11 is 0. The average molecular weight is 358 g/mol. The van der Waals surface area contributed by atoms with Crippen LogP contribution in [0, 0.1) is 10.1 Å². The third-order valence-electron chi connectivity index (χ3n) is 3.48. The fourth-order valence-corrected chi connectivity index (χ4v) is 2.31. The van der Waals surface area contributed by atoms with E-state index >= 15 is 0 Å². The molecule has 1 aliphatic heterocycles. The number of nitrogens with one attached hydrogen (secondary N) is 1. The topological polar surface area (TPSA) is 143 Å². The van der Waals surface area contributed by atoms with Crippen molar-refractivity contribution < 1.29 is 28.0 Å². The van der Waals surface area contributed by atoms with E-state index in [0.29, 0.717) is 17.9 Å². The maximum atomic E-state index is 12.0. The standard InChI is InChI=1S/C15H10N4O7/c20-14(10-3-4-13(25-10)19(21)22)16-15-18-17-12(26-15)6-8-1-2-9-11(5-8)24-7-23-9/h1-5H,6-7H2,(H,16,18,20). The molecule has 0 fully saturated rings. The molecule has 26 heavy (non-hydrogen) atoms. The molecule has 4 rings (SSSR count). The van der Waals surface area contributed by atoms with Crippen LogP contribution < -0.4 is 14.8 Å².